The van der Waals surface area contributed by atoms with Gasteiger partial charge in [-0.2, -0.15) is 0 Å². The van der Waals surface area contributed by atoms with Crippen LogP contribution in [-0.4, -0.2) is 24.5 Å². The summed E-state index contributed by atoms with van der Waals surface area (Å²) in [6, 6.07) is 9.63. The average Bonchev–Trinajstić information content (AvgIpc) is 3.23. The molecule has 1 aromatic carbocycles. The van der Waals surface area contributed by atoms with E-state index in [2.05, 4.69) is 0 Å². The lowest BCUT2D eigenvalue weighted by Gasteiger charge is -2.25. The molecule has 1 aliphatic heterocycles. The Balaban J connectivity index is 1.88. The number of rotatable bonds is 4. The molecule has 1 unspecified atom stereocenters. The van der Waals surface area contributed by atoms with Crippen molar-refractivity contribution in [2.75, 3.05) is 13.7 Å². The first kappa shape index (κ1) is 14.7. The minimum atomic E-state index is -0.0168. The van der Waals surface area contributed by atoms with Crippen LogP contribution in [0.25, 0.3) is 0 Å². The molecule has 3 rings (SSSR count). The molecular formula is C17H20N2O3. The van der Waals surface area contributed by atoms with Gasteiger partial charge in [-0.1, -0.05) is 18.2 Å². The van der Waals surface area contributed by atoms with E-state index in [-0.39, 0.29) is 11.9 Å². The molecule has 0 saturated carbocycles. The first-order valence-electron chi connectivity index (χ1n) is 7.46. The molecule has 0 spiro atoms. The second-order valence-electron chi connectivity index (χ2n) is 5.40. The minimum Gasteiger partial charge on any atom is -0.496 e. The van der Waals surface area contributed by atoms with E-state index in [1.807, 2.05) is 29.2 Å². The van der Waals surface area contributed by atoms with Crippen LogP contribution in [-0.2, 0) is 6.54 Å². The summed E-state index contributed by atoms with van der Waals surface area (Å²) in [4.78, 5) is 14.6. The van der Waals surface area contributed by atoms with Gasteiger partial charge < -0.3 is 19.8 Å². The Kier molecular flexibility index (Phi) is 4.15. The van der Waals surface area contributed by atoms with Crippen LogP contribution >= 0.6 is 0 Å². The first-order valence-corrected chi connectivity index (χ1v) is 7.46. The van der Waals surface area contributed by atoms with Crippen molar-refractivity contribution in [3.05, 3.63) is 53.5 Å². The van der Waals surface area contributed by atoms with Crippen LogP contribution in [0.1, 0.15) is 40.6 Å². The molecule has 116 valence electrons. The SMILES string of the molecule is COc1ccccc1C1CCCN1C(=O)c1coc(CN)c1. The molecule has 2 heterocycles. The van der Waals surface area contributed by atoms with Crippen molar-refractivity contribution in [3.63, 3.8) is 0 Å². The summed E-state index contributed by atoms with van der Waals surface area (Å²) in [7, 11) is 1.66. The summed E-state index contributed by atoms with van der Waals surface area (Å²) in [5.74, 6) is 1.43. The third-order valence-electron chi connectivity index (χ3n) is 4.11. The van der Waals surface area contributed by atoms with Crippen molar-refractivity contribution in [2.45, 2.75) is 25.4 Å². The van der Waals surface area contributed by atoms with Crippen LogP contribution in [0.3, 0.4) is 0 Å². The van der Waals surface area contributed by atoms with Crippen molar-refractivity contribution in [1.29, 1.82) is 0 Å². The largest absolute Gasteiger partial charge is 0.496 e. The second-order valence-corrected chi connectivity index (χ2v) is 5.40. The second kappa shape index (κ2) is 6.23. The van der Waals surface area contributed by atoms with E-state index in [1.165, 1.54) is 6.26 Å². The van der Waals surface area contributed by atoms with Gasteiger partial charge in [-0.25, -0.2) is 0 Å². The Morgan fingerprint density at radius 1 is 1.45 bits per heavy atom. The maximum Gasteiger partial charge on any atom is 0.257 e. The molecule has 22 heavy (non-hydrogen) atoms. The number of furan rings is 1. The smallest absolute Gasteiger partial charge is 0.257 e. The summed E-state index contributed by atoms with van der Waals surface area (Å²) in [5.41, 5.74) is 7.15. The van der Waals surface area contributed by atoms with Crippen molar-refractivity contribution < 1.29 is 13.9 Å². The summed E-state index contributed by atoms with van der Waals surface area (Å²) in [5, 5.41) is 0. The summed E-state index contributed by atoms with van der Waals surface area (Å²) < 4.78 is 10.7. The number of nitrogens with zero attached hydrogens (tertiary/aromatic N) is 1. The zero-order chi connectivity index (χ0) is 15.5. The molecule has 1 saturated heterocycles. The van der Waals surface area contributed by atoms with Crippen molar-refractivity contribution in [1.82, 2.24) is 4.90 Å². The summed E-state index contributed by atoms with van der Waals surface area (Å²) >= 11 is 0. The molecule has 1 atom stereocenters. The number of nitrogens with two attached hydrogens (primary N) is 1. The molecule has 1 fully saturated rings. The van der Waals surface area contributed by atoms with Crippen LogP contribution in [0.2, 0.25) is 0 Å². The highest BCUT2D eigenvalue weighted by Crippen LogP contribution is 2.37. The number of hydrogen-bond acceptors (Lipinski definition) is 4. The van der Waals surface area contributed by atoms with Gasteiger partial charge in [-0.05, 0) is 25.0 Å². The third-order valence-corrected chi connectivity index (χ3v) is 4.11. The maximum absolute atomic E-state index is 12.7. The van der Waals surface area contributed by atoms with Gasteiger partial charge in [0.25, 0.3) is 5.91 Å². The van der Waals surface area contributed by atoms with E-state index in [1.54, 1.807) is 13.2 Å². The van der Waals surface area contributed by atoms with Gasteiger partial charge in [0.15, 0.2) is 0 Å². The predicted octanol–water partition coefficient (Wildman–Crippen LogP) is 2.72. The number of para-hydroxylation sites is 1. The highest BCUT2D eigenvalue weighted by atomic mass is 16.5. The van der Waals surface area contributed by atoms with Gasteiger partial charge in [0.1, 0.15) is 17.8 Å². The lowest BCUT2D eigenvalue weighted by molar-refractivity contribution is 0.0733. The van der Waals surface area contributed by atoms with Gasteiger partial charge in [-0.15, -0.1) is 0 Å². The fourth-order valence-electron chi connectivity index (χ4n) is 3.04. The maximum atomic E-state index is 12.7. The van der Waals surface area contributed by atoms with Crippen molar-refractivity contribution in [2.24, 2.45) is 5.73 Å². The van der Waals surface area contributed by atoms with E-state index < -0.39 is 0 Å². The molecule has 0 radical (unpaired) electrons. The zero-order valence-corrected chi connectivity index (χ0v) is 12.6. The van der Waals surface area contributed by atoms with Crippen LogP contribution in [0.4, 0.5) is 0 Å². The number of ether oxygens (including phenoxy) is 1. The van der Waals surface area contributed by atoms with Crippen LogP contribution < -0.4 is 10.5 Å². The van der Waals surface area contributed by atoms with Crippen LogP contribution in [0.5, 0.6) is 5.75 Å². The number of amides is 1. The van der Waals surface area contributed by atoms with E-state index in [0.29, 0.717) is 17.9 Å². The van der Waals surface area contributed by atoms with E-state index in [4.69, 9.17) is 14.9 Å². The van der Waals surface area contributed by atoms with Crippen LogP contribution in [0.15, 0.2) is 41.0 Å². The van der Waals surface area contributed by atoms with E-state index in [0.717, 1.165) is 30.7 Å². The molecule has 2 N–H and O–H groups in total. The fraction of sp³-hybridized carbons (Fsp3) is 0.353. The van der Waals surface area contributed by atoms with Gasteiger partial charge in [0.05, 0.1) is 25.3 Å². The number of benzene rings is 1. The van der Waals surface area contributed by atoms with Gasteiger partial charge in [0, 0.05) is 12.1 Å². The molecule has 1 aliphatic rings. The molecule has 1 aromatic heterocycles. The average molecular weight is 300 g/mol. The monoisotopic (exact) mass is 300 g/mol. The number of methoxy groups -OCH3 is 1. The lowest BCUT2D eigenvalue weighted by atomic mass is 10.0. The fourth-order valence-corrected chi connectivity index (χ4v) is 3.04. The Morgan fingerprint density at radius 3 is 3.00 bits per heavy atom. The van der Waals surface area contributed by atoms with Gasteiger partial charge in [-0.3, -0.25) is 4.79 Å². The number of likely N-dealkylation sites (tertiary alicyclic amines) is 1. The standard InChI is InChI=1S/C17H20N2O3/c1-21-16-7-3-2-5-14(16)15-6-4-8-19(15)17(20)12-9-13(10-18)22-11-12/h2-3,5,7,9,11,15H,4,6,8,10,18H2,1H3. The molecule has 5 heteroatoms. The molecule has 5 nitrogen and oxygen atoms in total. The number of carbonyl (C=O) groups is 1. The highest BCUT2D eigenvalue weighted by Gasteiger charge is 2.32. The Labute approximate surface area is 129 Å². The first-order chi connectivity index (χ1) is 10.7. The summed E-state index contributed by atoms with van der Waals surface area (Å²) in [6.07, 6.45) is 3.41. The molecule has 1 amide bonds. The third kappa shape index (κ3) is 2.60. The Bertz CT molecular complexity index is 665. The van der Waals surface area contributed by atoms with Crippen LogP contribution in [0, 0.1) is 0 Å². The highest BCUT2D eigenvalue weighted by molar-refractivity contribution is 5.94. The zero-order valence-electron chi connectivity index (χ0n) is 12.6. The normalized spacial score (nSPS) is 17.7. The molecular weight excluding hydrogens is 280 g/mol. The minimum absolute atomic E-state index is 0.0168. The molecule has 0 bridgehead atoms. The Morgan fingerprint density at radius 2 is 2.27 bits per heavy atom. The Hall–Kier alpha value is -2.27. The van der Waals surface area contributed by atoms with Gasteiger partial charge >= 0.3 is 0 Å². The molecule has 2 aromatic rings. The predicted molar refractivity (Wildman–Crippen MR) is 82.6 cm³/mol. The van der Waals surface area contributed by atoms with E-state index >= 15 is 0 Å². The lowest BCUT2D eigenvalue weighted by Crippen LogP contribution is -2.30. The quantitative estimate of drug-likeness (QED) is 0.942. The molecule has 0 aliphatic carbocycles. The number of carbonyl (C=O) groups excluding carboxylic acids is 1. The van der Waals surface area contributed by atoms with Crippen molar-refractivity contribution in [3.8, 4) is 5.75 Å². The topological polar surface area (TPSA) is 68.7 Å². The number of hydrogen-bond donors (Lipinski definition) is 1. The van der Waals surface area contributed by atoms with E-state index in [9.17, 15) is 4.79 Å². The summed E-state index contributed by atoms with van der Waals surface area (Å²) in [6.45, 7) is 1.04. The van der Waals surface area contributed by atoms with Gasteiger partial charge in [0.2, 0.25) is 0 Å². The van der Waals surface area contributed by atoms with Crippen molar-refractivity contribution >= 4 is 5.91 Å².